The third-order valence-corrected chi connectivity index (χ3v) is 2.30. The fourth-order valence-electron chi connectivity index (χ4n) is 0.616. The van der Waals surface area contributed by atoms with Crippen LogP contribution in [0.15, 0.2) is 12.5 Å². The maximum atomic E-state index is 10.9. The summed E-state index contributed by atoms with van der Waals surface area (Å²) in [5.74, 6) is -0.116. The van der Waals surface area contributed by atoms with Crippen LogP contribution in [0.4, 0.5) is 0 Å². The standard InChI is InChI=1S/C8H12N2O3S/c1-7(12)10(3-4-11)14-5-2-8(13)6-9/h3-4,6,9,11H,2,5H2,1H3/b4-3-,9-6?. The van der Waals surface area contributed by atoms with Crippen molar-refractivity contribution in [3.8, 4) is 0 Å². The van der Waals surface area contributed by atoms with Crippen LogP contribution in [-0.2, 0) is 9.59 Å². The lowest BCUT2D eigenvalue weighted by atomic mass is 10.3. The Morgan fingerprint density at radius 2 is 2.21 bits per heavy atom. The van der Waals surface area contributed by atoms with Gasteiger partial charge in [-0.25, -0.2) is 0 Å². The largest absolute Gasteiger partial charge is 0.514 e. The van der Waals surface area contributed by atoms with E-state index in [9.17, 15) is 9.59 Å². The predicted molar refractivity (Wildman–Crippen MR) is 55.2 cm³/mol. The first kappa shape index (κ1) is 12.7. The summed E-state index contributed by atoms with van der Waals surface area (Å²) in [6, 6.07) is 0. The van der Waals surface area contributed by atoms with E-state index < -0.39 is 0 Å². The van der Waals surface area contributed by atoms with Crippen molar-refractivity contribution in [3.63, 3.8) is 0 Å². The molecule has 0 aromatic heterocycles. The molecule has 0 atom stereocenters. The topological polar surface area (TPSA) is 81.5 Å². The minimum Gasteiger partial charge on any atom is -0.514 e. The molecule has 0 heterocycles. The Kier molecular flexibility index (Phi) is 6.47. The molecule has 0 fully saturated rings. The van der Waals surface area contributed by atoms with Gasteiger partial charge in [0.15, 0.2) is 5.78 Å². The fourth-order valence-corrected chi connectivity index (χ4v) is 1.43. The lowest BCUT2D eigenvalue weighted by Gasteiger charge is -2.12. The highest BCUT2D eigenvalue weighted by molar-refractivity contribution is 7.97. The number of hydrogen-bond donors (Lipinski definition) is 2. The number of Topliss-reactive ketones (excluding diaryl/α,β-unsaturated/α-hetero) is 1. The summed E-state index contributed by atoms with van der Waals surface area (Å²) in [5.41, 5.74) is 0. The van der Waals surface area contributed by atoms with E-state index in [0.717, 1.165) is 24.4 Å². The zero-order chi connectivity index (χ0) is 11.0. The molecule has 0 saturated carbocycles. The number of amides is 1. The van der Waals surface area contributed by atoms with Crippen LogP contribution in [0.1, 0.15) is 13.3 Å². The number of aliphatic hydroxyl groups excluding tert-OH is 1. The highest BCUT2D eigenvalue weighted by Gasteiger charge is 2.06. The number of carbonyl (C=O) groups is 2. The molecule has 2 N–H and O–H groups in total. The Labute approximate surface area is 86.4 Å². The van der Waals surface area contributed by atoms with Gasteiger partial charge in [-0.3, -0.25) is 13.9 Å². The number of ketones is 1. The molecule has 0 radical (unpaired) electrons. The van der Waals surface area contributed by atoms with Crippen molar-refractivity contribution >= 4 is 29.9 Å². The quantitative estimate of drug-likeness (QED) is 0.396. The van der Waals surface area contributed by atoms with E-state index in [1.807, 2.05) is 0 Å². The second-order valence-electron chi connectivity index (χ2n) is 2.34. The summed E-state index contributed by atoms with van der Waals surface area (Å²) < 4.78 is 1.22. The normalized spacial score (nSPS) is 10.1. The van der Waals surface area contributed by atoms with Crippen LogP contribution in [-0.4, -0.2) is 33.1 Å². The molecule has 0 rings (SSSR count). The first-order chi connectivity index (χ1) is 6.61. The molecule has 0 bridgehead atoms. The lowest BCUT2D eigenvalue weighted by Crippen LogP contribution is -2.16. The van der Waals surface area contributed by atoms with Gasteiger partial charge < -0.3 is 10.5 Å². The summed E-state index contributed by atoms with van der Waals surface area (Å²) in [5, 5.41) is 15.1. The highest BCUT2D eigenvalue weighted by Crippen LogP contribution is 2.11. The number of nitrogens with zero attached hydrogens (tertiary/aromatic N) is 1. The minimum absolute atomic E-state index is 0.206. The average molecular weight is 216 g/mol. The van der Waals surface area contributed by atoms with Gasteiger partial charge in [-0.1, -0.05) is 0 Å². The van der Waals surface area contributed by atoms with Gasteiger partial charge in [-0.2, -0.15) is 0 Å². The number of rotatable bonds is 6. The van der Waals surface area contributed by atoms with Gasteiger partial charge in [0.2, 0.25) is 5.91 Å². The Balaban J connectivity index is 3.89. The van der Waals surface area contributed by atoms with Crippen molar-refractivity contribution < 1.29 is 14.7 Å². The maximum absolute atomic E-state index is 10.9. The molecule has 0 aliphatic rings. The first-order valence-corrected chi connectivity index (χ1v) is 4.83. The molecular formula is C8H12N2O3S. The van der Waals surface area contributed by atoms with Gasteiger partial charge in [0.05, 0.1) is 18.7 Å². The van der Waals surface area contributed by atoms with Crippen molar-refractivity contribution in [2.24, 2.45) is 0 Å². The van der Waals surface area contributed by atoms with Crippen LogP contribution >= 0.6 is 11.9 Å². The summed E-state index contributed by atoms with van der Waals surface area (Å²) in [6.45, 7) is 1.35. The predicted octanol–water partition coefficient (Wildman–Crippen LogP) is 1.12. The summed E-state index contributed by atoms with van der Waals surface area (Å²) in [7, 11) is 0. The van der Waals surface area contributed by atoms with Gasteiger partial charge in [0.25, 0.3) is 0 Å². The van der Waals surface area contributed by atoms with E-state index in [4.69, 9.17) is 10.5 Å². The van der Waals surface area contributed by atoms with Gasteiger partial charge in [0.1, 0.15) is 0 Å². The third kappa shape index (κ3) is 5.36. The second kappa shape index (κ2) is 7.14. The molecule has 5 nitrogen and oxygen atoms in total. The number of aliphatic hydroxyl groups is 1. The zero-order valence-corrected chi connectivity index (χ0v) is 8.58. The molecule has 0 saturated heterocycles. The average Bonchev–Trinajstić information content (AvgIpc) is 2.16. The van der Waals surface area contributed by atoms with E-state index >= 15 is 0 Å². The number of hydrogen-bond acceptors (Lipinski definition) is 5. The molecule has 0 aromatic carbocycles. The molecule has 0 aromatic rings. The number of carbonyl (C=O) groups excluding carboxylic acids is 2. The lowest BCUT2D eigenvalue weighted by molar-refractivity contribution is -0.122. The van der Waals surface area contributed by atoms with E-state index in [0.29, 0.717) is 5.75 Å². The van der Waals surface area contributed by atoms with Gasteiger partial charge in [-0.05, 0) is 11.9 Å². The third-order valence-electron chi connectivity index (χ3n) is 1.25. The molecule has 0 aliphatic heterocycles. The Hall–Kier alpha value is -1.30. The molecule has 0 aliphatic carbocycles. The van der Waals surface area contributed by atoms with E-state index in [2.05, 4.69) is 0 Å². The van der Waals surface area contributed by atoms with Crippen LogP contribution < -0.4 is 0 Å². The summed E-state index contributed by atoms with van der Waals surface area (Å²) >= 11 is 1.11. The van der Waals surface area contributed by atoms with Crippen molar-refractivity contribution in [3.05, 3.63) is 12.5 Å². The Bertz CT molecular complexity index is 253. The van der Waals surface area contributed by atoms with Crippen LogP contribution in [0.5, 0.6) is 0 Å². The highest BCUT2D eigenvalue weighted by atomic mass is 32.2. The van der Waals surface area contributed by atoms with E-state index in [1.54, 1.807) is 0 Å². The summed E-state index contributed by atoms with van der Waals surface area (Å²) in [4.78, 5) is 21.6. The van der Waals surface area contributed by atoms with Gasteiger partial charge >= 0.3 is 0 Å². The van der Waals surface area contributed by atoms with Crippen molar-refractivity contribution in [1.29, 1.82) is 5.41 Å². The fraction of sp³-hybridized carbons (Fsp3) is 0.375. The smallest absolute Gasteiger partial charge is 0.233 e. The van der Waals surface area contributed by atoms with E-state index in [-0.39, 0.29) is 18.1 Å². The summed E-state index contributed by atoms with van der Waals surface area (Å²) in [6.07, 6.45) is 2.92. The Morgan fingerprint density at radius 1 is 1.57 bits per heavy atom. The van der Waals surface area contributed by atoms with Crippen LogP contribution in [0.3, 0.4) is 0 Å². The monoisotopic (exact) mass is 216 g/mol. The molecule has 14 heavy (non-hydrogen) atoms. The Morgan fingerprint density at radius 3 is 2.64 bits per heavy atom. The van der Waals surface area contributed by atoms with Crippen LogP contribution in [0.2, 0.25) is 0 Å². The minimum atomic E-state index is -0.283. The molecule has 6 heteroatoms. The maximum Gasteiger partial charge on any atom is 0.233 e. The van der Waals surface area contributed by atoms with E-state index in [1.165, 1.54) is 17.4 Å². The van der Waals surface area contributed by atoms with Crippen molar-refractivity contribution in [2.45, 2.75) is 13.3 Å². The molecule has 0 spiro atoms. The van der Waals surface area contributed by atoms with Crippen molar-refractivity contribution in [2.75, 3.05) is 5.75 Å². The first-order valence-electron chi connectivity index (χ1n) is 3.88. The molecular weight excluding hydrogens is 204 g/mol. The van der Waals surface area contributed by atoms with Gasteiger partial charge in [0, 0.05) is 19.1 Å². The van der Waals surface area contributed by atoms with Crippen LogP contribution in [0.25, 0.3) is 0 Å². The van der Waals surface area contributed by atoms with Crippen LogP contribution in [0, 0.1) is 5.41 Å². The van der Waals surface area contributed by atoms with Crippen molar-refractivity contribution in [1.82, 2.24) is 4.31 Å². The molecule has 0 unspecified atom stereocenters. The zero-order valence-electron chi connectivity index (χ0n) is 7.77. The molecule has 1 amide bonds. The second-order valence-corrected chi connectivity index (χ2v) is 3.40. The van der Waals surface area contributed by atoms with Gasteiger partial charge in [-0.15, -0.1) is 0 Å². The SMILES string of the molecule is CC(=O)N(/C=C\O)SCCC(=O)C=N. The molecule has 78 valence electrons. The number of nitrogens with one attached hydrogen (secondary N) is 1.